The number of nitrogens with one attached hydrogen (secondary N) is 1. The van der Waals surface area contributed by atoms with Crippen LogP contribution in [0.25, 0.3) is 0 Å². The molecule has 0 heterocycles. The van der Waals surface area contributed by atoms with E-state index in [4.69, 9.17) is 9.47 Å². The zero-order valence-corrected chi connectivity index (χ0v) is 14.0. The maximum absolute atomic E-state index is 12.3. The van der Waals surface area contributed by atoms with Gasteiger partial charge in [0.05, 0.1) is 20.4 Å². The molecule has 0 spiro atoms. The number of nitrogens with zero attached hydrogens (tertiary/aromatic N) is 1. The van der Waals surface area contributed by atoms with Gasteiger partial charge >= 0.3 is 0 Å². The van der Waals surface area contributed by atoms with Crippen molar-refractivity contribution in [3.63, 3.8) is 0 Å². The summed E-state index contributed by atoms with van der Waals surface area (Å²) in [4.78, 5) is 12.3. The molecule has 0 aromatic heterocycles. The summed E-state index contributed by atoms with van der Waals surface area (Å²) in [6.45, 7) is 2.24. The number of carbonyl (C=O) groups excluding carboxylic acids is 1. The molecule has 0 radical (unpaired) electrons. The van der Waals surface area contributed by atoms with E-state index in [9.17, 15) is 4.79 Å². The number of ether oxygens (including phenoxy) is 2. The molecule has 3 rings (SSSR count). The van der Waals surface area contributed by atoms with Crippen molar-refractivity contribution >= 4 is 12.1 Å². The molecule has 1 N–H and O–H groups in total. The summed E-state index contributed by atoms with van der Waals surface area (Å²) in [6.07, 6.45) is 6.46. The third-order valence-electron chi connectivity index (χ3n) is 5.41. The highest BCUT2D eigenvalue weighted by atomic mass is 16.5. The van der Waals surface area contributed by atoms with Crippen molar-refractivity contribution in [1.82, 2.24) is 5.43 Å². The van der Waals surface area contributed by atoms with Gasteiger partial charge in [0.15, 0.2) is 11.5 Å². The van der Waals surface area contributed by atoms with E-state index < -0.39 is 0 Å². The highest BCUT2D eigenvalue weighted by molar-refractivity contribution is 5.86. The molecular weight excluding hydrogens is 292 g/mol. The quantitative estimate of drug-likeness (QED) is 0.671. The Hall–Kier alpha value is -2.04. The fourth-order valence-electron chi connectivity index (χ4n) is 4.02. The molecule has 5 nitrogen and oxygen atoms in total. The van der Waals surface area contributed by atoms with Gasteiger partial charge in [-0.2, -0.15) is 5.10 Å². The third kappa shape index (κ3) is 2.92. The summed E-state index contributed by atoms with van der Waals surface area (Å²) in [5.74, 6) is 2.04. The SMILES string of the molecule is COc1ccc(/C=N/NC(=O)[C@@H]2[C@@H]3CCCC[C@@]23C)cc1OC. The van der Waals surface area contributed by atoms with Crippen LogP contribution in [0.15, 0.2) is 23.3 Å². The van der Waals surface area contributed by atoms with Gasteiger partial charge in [-0.1, -0.05) is 19.8 Å². The Balaban J connectivity index is 1.60. The molecule has 1 amide bonds. The number of hydrogen-bond donors (Lipinski definition) is 1. The summed E-state index contributed by atoms with van der Waals surface area (Å²) >= 11 is 0. The van der Waals surface area contributed by atoms with Gasteiger partial charge in [-0.15, -0.1) is 0 Å². The van der Waals surface area contributed by atoms with Crippen molar-refractivity contribution in [2.24, 2.45) is 22.4 Å². The smallest absolute Gasteiger partial charge is 0.244 e. The van der Waals surface area contributed by atoms with Crippen LogP contribution in [-0.4, -0.2) is 26.3 Å². The molecule has 1 aromatic carbocycles. The summed E-state index contributed by atoms with van der Waals surface area (Å²) in [6, 6.07) is 5.51. The molecule has 2 fully saturated rings. The molecular formula is C18H24N2O3. The molecule has 2 aliphatic rings. The van der Waals surface area contributed by atoms with E-state index in [1.165, 1.54) is 19.3 Å². The van der Waals surface area contributed by atoms with Crippen molar-refractivity contribution in [2.75, 3.05) is 14.2 Å². The molecule has 5 heteroatoms. The van der Waals surface area contributed by atoms with Gasteiger partial charge in [0.2, 0.25) is 5.91 Å². The average Bonchev–Trinajstić information content (AvgIpc) is 3.20. The van der Waals surface area contributed by atoms with E-state index in [1.807, 2.05) is 18.2 Å². The highest BCUT2D eigenvalue weighted by Gasteiger charge is 2.64. The summed E-state index contributed by atoms with van der Waals surface area (Å²) < 4.78 is 10.5. The second-order valence-electron chi connectivity index (χ2n) is 6.68. The Kier molecular flexibility index (Phi) is 4.28. The lowest BCUT2D eigenvalue weighted by atomic mass is 9.90. The molecule has 0 saturated heterocycles. The molecule has 3 atom stereocenters. The zero-order chi connectivity index (χ0) is 16.4. The van der Waals surface area contributed by atoms with Crippen molar-refractivity contribution in [3.05, 3.63) is 23.8 Å². The number of carbonyl (C=O) groups is 1. The van der Waals surface area contributed by atoms with E-state index in [0.717, 1.165) is 12.0 Å². The average molecular weight is 316 g/mol. The number of methoxy groups -OCH3 is 2. The number of fused-ring (bicyclic) bond motifs is 1. The first kappa shape index (κ1) is 15.8. The van der Waals surface area contributed by atoms with E-state index in [2.05, 4.69) is 17.5 Å². The first-order chi connectivity index (χ1) is 11.1. The van der Waals surface area contributed by atoms with Gasteiger partial charge in [0, 0.05) is 5.92 Å². The van der Waals surface area contributed by atoms with Gasteiger partial charge in [0.25, 0.3) is 0 Å². The lowest BCUT2D eigenvalue weighted by Crippen LogP contribution is -2.22. The van der Waals surface area contributed by atoms with Gasteiger partial charge < -0.3 is 9.47 Å². The van der Waals surface area contributed by atoms with Gasteiger partial charge in [0.1, 0.15) is 0 Å². The minimum absolute atomic E-state index is 0.0520. The highest BCUT2D eigenvalue weighted by Crippen LogP contribution is 2.66. The largest absolute Gasteiger partial charge is 0.493 e. The van der Waals surface area contributed by atoms with E-state index >= 15 is 0 Å². The van der Waals surface area contributed by atoms with Crippen molar-refractivity contribution < 1.29 is 14.3 Å². The van der Waals surface area contributed by atoms with Crippen LogP contribution in [0.1, 0.15) is 38.2 Å². The Labute approximate surface area is 137 Å². The maximum atomic E-state index is 12.3. The number of hydrogen-bond acceptors (Lipinski definition) is 4. The Morgan fingerprint density at radius 2 is 2.09 bits per heavy atom. The topological polar surface area (TPSA) is 59.9 Å². The molecule has 23 heavy (non-hydrogen) atoms. The predicted molar refractivity (Wildman–Crippen MR) is 88.8 cm³/mol. The maximum Gasteiger partial charge on any atom is 0.244 e. The Bertz CT molecular complexity index is 629. The van der Waals surface area contributed by atoms with Crippen LogP contribution in [0.5, 0.6) is 11.5 Å². The number of benzene rings is 1. The number of rotatable bonds is 5. The van der Waals surface area contributed by atoms with Crippen molar-refractivity contribution in [3.8, 4) is 11.5 Å². The Morgan fingerprint density at radius 1 is 1.30 bits per heavy atom. The lowest BCUT2D eigenvalue weighted by molar-refractivity contribution is -0.123. The zero-order valence-electron chi connectivity index (χ0n) is 14.0. The summed E-state index contributed by atoms with van der Waals surface area (Å²) in [5, 5.41) is 4.10. The van der Waals surface area contributed by atoms with Crippen LogP contribution in [0.3, 0.4) is 0 Å². The van der Waals surface area contributed by atoms with E-state index in [0.29, 0.717) is 17.4 Å². The second-order valence-corrected chi connectivity index (χ2v) is 6.68. The standard InChI is InChI=1S/C18H24N2O3/c1-18-9-5-4-6-13(18)16(18)17(21)20-19-11-12-7-8-14(22-2)15(10-12)23-3/h7-8,10-11,13,16H,4-6,9H2,1-3H3,(H,20,21)/b19-11+/t13-,16-,18+/m0/s1. The van der Waals surface area contributed by atoms with Crippen LogP contribution < -0.4 is 14.9 Å². The minimum Gasteiger partial charge on any atom is -0.493 e. The van der Waals surface area contributed by atoms with Crippen LogP contribution >= 0.6 is 0 Å². The van der Waals surface area contributed by atoms with Crippen LogP contribution in [0.4, 0.5) is 0 Å². The molecule has 124 valence electrons. The summed E-state index contributed by atoms with van der Waals surface area (Å²) in [5.41, 5.74) is 3.76. The predicted octanol–water partition coefficient (Wildman–Crippen LogP) is 2.98. The fourth-order valence-corrected chi connectivity index (χ4v) is 4.02. The van der Waals surface area contributed by atoms with E-state index in [1.54, 1.807) is 20.4 Å². The lowest BCUT2D eigenvalue weighted by Gasteiger charge is -2.15. The van der Waals surface area contributed by atoms with Gasteiger partial charge in [-0.3, -0.25) is 4.79 Å². The monoisotopic (exact) mass is 316 g/mol. The molecule has 0 unspecified atom stereocenters. The molecule has 0 aliphatic heterocycles. The minimum atomic E-state index is 0.0520. The molecule has 2 saturated carbocycles. The number of hydrazone groups is 1. The fraction of sp³-hybridized carbons (Fsp3) is 0.556. The van der Waals surface area contributed by atoms with Crippen LogP contribution in [0.2, 0.25) is 0 Å². The molecule has 1 aromatic rings. The third-order valence-corrected chi connectivity index (χ3v) is 5.41. The van der Waals surface area contributed by atoms with Crippen molar-refractivity contribution in [1.29, 1.82) is 0 Å². The van der Waals surface area contributed by atoms with E-state index in [-0.39, 0.29) is 17.2 Å². The normalized spacial score (nSPS) is 29.0. The second kappa shape index (κ2) is 6.22. The van der Waals surface area contributed by atoms with Crippen LogP contribution in [-0.2, 0) is 4.79 Å². The van der Waals surface area contributed by atoms with Crippen molar-refractivity contribution in [2.45, 2.75) is 32.6 Å². The van der Waals surface area contributed by atoms with Gasteiger partial charge in [-0.05, 0) is 47.9 Å². The first-order valence-corrected chi connectivity index (χ1v) is 8.15. The molecule has 0 bridgehead atoms. The number of amides is 1. The molecule has 2 aliphatic carbocycles. The van der Waals surface area contributed by atoms with Crippen LogP contribution in [0, 0.1) is 17.3 Å². The first-order valence-electron chi connectivity index (χ1n) is 8.15. The summed E-state index contributed by atoms with van der Waals surface area (Å²) in [7, 11) is 3.19. The van der Waals surface area contributed by atoms with Gasteiger partial charge in [-0.25, -0.2) is 5.43 Å². The Morgan fingerprint density at radius 3 is 2.74 bits per heavy atom.